The molecule has 29 heavy (non-hydrogen) atoms. The molecule has 2 aromatic carbocycles. The zero-order valence-corrected chi connectivity index (χ0v) is 16.6. The number of anilines is 2. The van der Waals surface area contributed by atoms with E-state index in [9.17, 15) is 9.59 Å². The molecule has 144 valence electrons. The van der Waals surface area contributed by atoms with Crippen LogP contribution < -0.4 is 10.2 Å². The number of carbonyl (C=O) groups is 2. The Hall–Kier alpha value is -3.12. The molecule has 0 saturated carbocycles. The molecule has 1 spiro atoms. The highest BCUT2D eigenvalue weighted by Crippen LogP contribution is 2.55. The van der Waals surface area contributed by atoms with E-state index in [1.807, 2.05) is 67.6 Å². The molecule has 1 saturated heterocycles. The van der Waals surface area contributed by atoms with Crippen molar-refractivity contribution in [1.29, 1.82) is 0 Å². The highest BCUT2D eigenvalue weighted by molar-refractivity contribution is 8.03. The summed E-state index contributed by atoms with van der Waals surface area (Å²) in [6.45, 7) is 1.86. The van der Waals surface area contributed by atoms with E-state index in [1.54, 1.807) is 17.3 Å². The van der Waals surface area contributed by atoms with Crippen LogP contribution in [-0.2, 0) is 20.9 Å². The van der Waals surface area contributed by atoms with Crippen molar-refractivity contribution in [2.24, 2.45) is 0 Å². The molecule has 3 aromatic rings. The number of nitrogens with zero attached hydrogens (tertiary/aromatic N) is 2. The van der Waals surface area contributed by atoms with Crippen LogP contribution in [0.5, 0.6) is 0 Å². The monoisotopic (exact) mass is 401 g/mol. The molecule has 0 unspecified atom stereocenters. The van der Waals surface area contributed by atoms with Gasteiger partial charge in [-0.15, -0.1) is 11.8 Å². The number of hydrogen-bond acceptors (Lipinski definition) is 4. The zero-order chi connectivity index (χ0) is 20.0. The molecule has 0 aliphatic carbocycles. The summed E-state index contributed by atoms with van der Waals surface area (Å²) in [5, 5.41) is 2.65. The van der Waals surface area contributed by atoms with E-state index in [0.29, 0.717) is 0 Å². The molecule has 2 atom stereocenters. The Balaban J connectivity index is 1.54. The van der Waals surface area contributed by atoms with E-state index in [-0.39, 0.29) is 17.1 Å². The van der Waals surface area contributed by atoms with E-state index in [2.05, 4.69) is 10.3 Å². The Kier molecular flexibility index (Phi) is 4.17. The molecule has 3 heterocycles. The number of amides is 2. The second-order valence-corrected chi connectivity index (χ2v) is 8.81. The summed E-state index contributed by atoms with van der Waals surface area (Å²) in [7, 11) is 0. The van der Waals surface area contributed by atoms with E-state index in [4.69, 9.17) is 0 Å². The normalized spacial score (nSPS) is 22.8. The maximum Gasteiger partial charge on any atom is 0.266 e. The van der Waals surface area contributed by atoms with Gasteiger partial charge < -0.3 is 5.32 Å². The predicted octanol–water partition coefficient (Wildman–Crippen LogP) is 3.95. The van der Waals surface area contributed by atoms with Crippen LogP contribution in [-0.4, -0.2) is 22.0 Å². The summed E-state index contributed by atoms with van der Waals surface area (Å²) >= 11 is 1.40. The minimum absolute atomic E-state index is 0.0521. The minimum Gasteiger partial charge on any atom is -0.323 e. The molecule has 0 radical (unpaired) electrons. The van der Waals surface area contributed by atoms with Gasteiger partial charge in [0.2, 0.25) is 10.8 Å². The van der Waals surface area contributed by atoms with E-state index >= 15 is 0 Å². The lowest BCUT2D eigenvalue weighted by Gasteiger charge is -2.32. The van der Waals surface area contributed by atoms with Crippen LogP contribution in [0.15, 0.2) is 73.1 Å². The number of benzene rings is 2. The van der Waals surface area contributed by atoms with Crippen LogP contribution in [0.2, 0.25) is 0 Å². The number of aromatic nitrogens is 1. The largest absolute Gasteiger partial charge is 0.323 e. The summed E-state index contributed by atoms with van der Waals surface area (Å²) in [6.07, 6.45) is 4.35. The van der Waals surface area contributed by atoms with E-state index in [0.717, 1.165) is 28.9 Å². The van der Waals surface area contributed by atoms with Crippen LogP contribution in [0.1, 0.15) is 23.6 Å². The first kappa shape index (κ1) is 17.9. The third-order valence-corrected chi connectivity index (χ3v) is 6.91. The minimum atomic E-state index is -1.06. The van der Waals surface area contributed by atoms with Gasteiger partial charge in [-0.05, 0) is 54.8 Å². The quantitative estimate of drug-likeness (QED) is 0.722. The van der Waals surface area contributed by atoms with Gasteiger partial charge in [0.1, 0.15) is 0 Å². The molecule has 0 bridgehead atoms. The number of pyridine rings is 1. The van der Waals surface area contributed by atoms with Gasteiger partial charge >= 0.3 is 0 Å². The van der Waals surface area contributed by atoms with Gasteiger partial charge in [-0.1, -0.05) is 30.3 Å². The van der Waals surface area contributed by atoms with Crippen LogP contribution in [0.3, 0.4) is 0 Å². The van der Waals surface area contributed by atoms with Gasteiger partial charge in [0.25, 0.3) is 5.91 Å². The maximum atomic E-state index is 13.1. The van der Waals surface area contributed by atoms with Crippen molar-refractivity contribution in [3.05, 3.63) is 89.7 Å². The first-order valence-electron chi connectivity index (χ1n) is 9.50. The Morgan fingerprint density at radius 1 is 1.00 bits per heavy atom. The molecule has 5 nitrogen and oxygen atoms in total. The number of fused-ring (bicyclic) bond motifs is 2. The summed E-state index contributed by atoms with van der Waals surface area (Å²) < 4.78 is 0. The van der Waals surface area contributed by atoms with Crippen molar-refractivity contribution in [2.45, 2.75) is 23.5 Å². The van der Waals surface area contributed by atoms with Crippen molar-refractivity contribution in [1.82, 2.24) is 4.98 Å². The fourth-order valence-corrected chi connectivity index (χ4v) is 5.54. The van der Waals surface area contributed by atoms with E-state index in [1.165, 1.54) is 17.3 Å². The highest BCUT2D eigenvalue weighted by Gasteiger charge is 2.60. The number of para-hydroxylation sites is 1. The van der Waals surface area contributed by atoms with Crippen LogP contribution in [0, 0.1) is 0 Å². The average molecular weight is 401 g/mol. The Morgan fingerprint density at radius 2 is 1.69 bits per heavy atom. The topological polar surface area (TPSA) is 62.3 Å². The molecule has 2 aliphatic heterocycles. The summed E-state index contributed by atoms with van der Waals surface area (Å²) in [5.41, 5.74) is 4.66. The van der Waals surface area contributed by atoms with Crippen molar-refractivity contribution in [2.75, 3.05) is 10.2 Å². The molecule has 2 amide bonds. The third-order valence-electron chi connectivity index (χ3n) is 5.43. The molecule has 2 aliphatic rings. The molecule has 1 aromatic heterocycles. The highest BCUT2D eigenvalue weighted by atomic mass is 32.2. The van der Waals surface area contributed by atoms with Crippen molar-refractivity contribution >= 4 is 35.0 Å². The van der Waals surface area contributed by atoms with Crippen molar-refractivity contribution in [3.63, 3.8) is 0 Å². The lowest BCUT2D eigenvalue weighted by atomic mass is 10.0. The maximum absolute atomic E-state index is 13.1. The predicted molar refractivity (Wildman–Crippen MR) is 115 cm³/mol. The van der Waals surface area contributed by atoms with Gasteiger partial charge in [0.05, 0.1) is 5.25 Å². The summed E-state index contributed by atoms with van der Waals surface area (Å²) in [4.78, 5) is 30.9. The standard InChI is InChI=1S/C23H19N3O2S/c1-15-21(27)26(23(29-15)19-4-2-3-5-20(19)25-22(23)28)18-8-6-16(7-9-18)14-17-10-12-24-13-11-17/h2-13,15H,14H2,1H3,(H,25,28)/t15-,23+/m0/s1. The summed E-state index contributed by atoms with van der Waals surface area (Å²) in [6, 6.07) is 19.5. The molecular formula is C23H19N3O2S. The molecule has 1 fully saturated rings. The lowest BCUT2D eigenvalue weighted by Crippen LogP contribution is -2.47. The fourth-order valence-electron chi connectivity index (χ4n) is 4.06. The molecule has 1 N–H and O–H groups in total. The number of hydrogen-bond donors (Lipinski definition) is 1. The van der Waals surface area contributed by atoms with Gasteiger partial charge in [-0.2, -0.15) is 0 Å². The zero-order valence-electron chi connectivity index (χ0n) is 15.8. The van der Waals surface area contributed by atoms with Gasteiger partial charge in [-0.25, -0.2) is 0 Å². The van der Waals surface area contributed by atoms with Crippen molar-refractivity contribution in [3.8, 4) is 0 Å². The molecule has 5 rings (SSSR count). The Bertz CT molecular complexity index is 1100. The second kappa shape index (κ2) is 6.74. The fraction of sp³-hybridized carbons (Fsp3) is 0.174. The number of nitrogens with one attached hydrogen (secondary N) is 1. The second-order valence-electron chi connectivity index (χ2n) is 7.28. The molecule has 6 heteroatoms. The Morgan fingerprint density at radius 3 is 2.45 bits per heavy atom. The van der Waals surface area contributed by atoms with Gasteiger partial charge in [0.15, 0.2) is 0 Å². The van der Waals surface area contributed by atoms with E-state index < -0.39 is 4.87 Å². The van der Waals surface area contributed by atoms with Crippen LogP contribution in [0.4, 0.5) is 11.4 Å². The first-order valence-corrected chi connectivity index (χ1v) is 10.4. The third kappa shape index (κ3) is 2.75. The first-order chi connectivity index (χ1) is 14.1. The number of thioether (sulfide) groups is 1. The van der Waals surface area contributed by atoms with Crippen LogP contribution in [0.25, 0.3) is 0 Å². The number of rotatable bonds is 3. The van der Waals surface area contributed by atoms with Crippen molar-refractivity contribution < 1.29 is 9.59 Å². The smallest absolute Gasteiger partial charge is 0.266 e. The SMILES string of the molecule is C[C@@H]1S[C@]2(C(=O)Nc3ccccc32)N(c2ccc(Cc3ccncc3)cc2)C1=O. The molecular weight excluding hydrogens is 382 g/mol. The average Bonchev–Trinajstić information content (AvgIpc) is 3.17. The summed E-state index contributed by atoms with van der Waals surface area (Å²) in [5.74, 6) is -0.217. The van der Waals surface area contributed by atoms with Gasteiger partial charge in [-0.3, -0.25) is 19.5 Å². The Labute approximate surface area is 173 Å². The number of carbonyl (C=O) groups excluding carboxylic acids is 2. The van der Waals surface area contributed by atoms with Gasteiger partial charge in [0, 0.05) is 29.3 Å². The lowest BCUT2D eigenvalue weighted by molar-refractivity contribution is -0.122. The van der Waals surface area contributed by atoms with Crippen LogP contribution >= 0.6 is 11.8 Å².